The molecule has 0 radical (unpaired) electrons. The highest BCUT2D eigenvalue weighted by Gasteiger charge is 2.36. The van der Waals surface area contributed by atoms with Gasteiger partial charge in [0.1, 0.15) is 5.92 Å². The first kappa shape index (κ1) is 11.9. The molecule has 0 aromatic rings. The van der Waals surface area contributed by atoms with E-state index in [1.807, 2.05) is 0 Å². The molecular formula is C10H17NO4. The summed E-state index contributed by atoms with van der Waals surface area (Å²) >= 11 is 0. The van der Waals surface area contributed by atoms with Crippen LogP contribution < -0.4 is 0 Å². The molecule has 0 heterocycles. The highest BCUT2D eigenvalue weighted by molar-refractivity contribution is 5.70. The van der Waals surface area contributed by atoms with E-state index in [9.17, 15) is 14.9 Å². The number of hydrogen-bond acceptors (Lipinski definition) is 3. The third kappa shape index (κ3) is 3.49. The molecule has 1 fully saturated rings. The molecule has 0 bridgehead atoms. The summed E-state index contributed by atoms with van der Waals surface area (Å²) in [5.74, 6) is -1.81. The molecule has 2 atom stereocenters. The molecule has 0 saturated heterocycles. The smallest absolute Gasteiger partial charge is 0.313 e. The van der Waals surface area contributed by atoms with Crippen molar-refractivity contribution in [3.63, 3.8) is 0 Å². The molecule has 5 nitrogen and oxygen atoms in total. The molecule has 86 valence electrons. The predicted molar refractivity (Wildman–Crippen MR) is 54.2 cm³/mol. The molecule has 1 aliphatic rings. The van der Waals surface area contributed by atoms with E-state index in [-0.39, 0.29) is 0 Å². The zero-order chi connectivity index (χ0) is 11.3. The maximum atomic E-state index is 10.9. The van der Waals surface area contributed by atoms with Gasteiger partial charge in [0.05, 0.1) is 0 Å². The zero-order valence-corrected chi connectivity index (χ0v) is 8.72. The summed E-state index contributed by atoms with van der Waals surface area (Å²) in [6.07, 6.45) is 5.46. The van der Waals surface area contributed by atoms with Crippen LogP contribution in [0.25, 0.3) is 0 Å². The molecule has 0 aromatic carbocycles. The van der Waals surface area contributed by atoms with Crippen LogP contribution in [-0.4, -0.2) is 22.0 Å². The molecule has 1 aliphatic carbocycles. The van der Waals surface area contributed by atoms with Gasteiger partial charge in [0.25, 0.3) is 0 Å². The maximum absolute atomic E-state index is 10.9. The van der Waals surface area contributed by atoms with Crippen molar-refractivity contribution in [2.45, 2.75) is 51.0 Å². The van der Waals surface area contributed by atoms with Gasteiger partial charge in [0.15, 0.2) is 0 Å². The van der Waals surface area contributed by atoms with E-state index in [1.54, 1.807) is 0 Å². The number of rotatable bonds is 2. The Kier molecular flexibility index (Phi) is 4.52. The lowest BCUT2D eigenvalue weighted by atomic mass is 9.92. The lowest BCUT2D eigenvalue weighted by Gasteiger charge is -2.15. The van der Waals surface area contributed by atoms with E-state index < -0.39 is 22.9 Å². The van der Waals surface area contributed by atoms with Gasteiger partial charge >= 0.3 is 5.97 Å². The van der Waals surface area contributed by atoms with Gasteiger partial charge in [-0.1, -0.05) is 25.7 Å². The Labute approximate surface area is 88.6 Å². The van der Waals surface area contributed by atoms with Crippen molar-refractivity contribution in [3.05, 3.63) is 10.1 Å². The summed E-state index contributed by atoms with van der Waals surface area (Å²) in [6, 6.07) is -0.888. The standard InChI is InChI=1S/C10H17NO4/c12-10(13)8-6-4-2-1-3-5-7-9(8)11(14)15/h8-9H,1-7H2,(H,12,13). The van der Waals surface area contributed by atoms with Crippen molar-refractivity contribution in [2.24, 2.45) is 5.92 Å². The van der Waals surface area contributed by atoms with Crippen LogP contribution in [0.5, 0.6) is 0 Å². The van der Waals surface area contributed by atoms with Gasteiger partial charge in [-0.05, 0) is 12.8 Å². The molecule has 0 aliphatic heterocycles. The van der Waals surface area contributed by atoms with Crippen LogP contribution >= 0.6 is 0 Å². The second-order valence-corrected chi connectivity index (χ2v) is 4.14. The summed E-state index contributed by atoms with van der Waals surface area (Å²) in [7, 11) is 0. The average Bonchev–Trinajstić information content (AvgIpc) is 2.27. The Balaban J connectivity index is 2.72. The first-order valence-corrected chi connectivity index (χ1v) is 5.49. The number of carbonyl (C=O) groups is 1. The Morgan fingerprint density at radius 2 is 1.67 bits per heavy atom. The highest BCUT2D eigenvalue weighted by Crippen LogP contribution is 2.24. The van der Waals surface area contributed by atoms with Gasteiger partial charge in [-0.2, -0.15) is 0 Å². The van der Waals surface area contributed by atoms with Gasteiger partial charge in [-0.15, -0.1) is 0 Å². The Hall–Kier alpha value is -1.13. The van der Waals surface area contributed by atoms with Crippen molar-refractivity contribution >= 4 is 5.97 Å². The van der Waals surface area contributed by atoms with Crippen LogP contribution in [0.15, 0.2) is 0 Å². The summed E-state index contributed by atoms with van der Waals surface area (Å²) in [5, 5.41) is 19.8. The quantitative estimate of drug-likeness (QED) is 0.564. The van der Waals surface area contributed by atoms with Crippen molar-refractivity contribution in [1.29, 1.82) is 0 Å². The summed E-state index contributed by atoms with van der Waals surface area (Å²) < 4.78 is 0. The number of nitrogens with zero attached hydrogens (tertiary/aromatic N) is 1. The third-order valence-corrected chi connectivity index (χ3v) is 3.07. The topological polar surface area (TPSA) is 80.4 Å². The summed E-state index contributed by atoms with van der Waals surface area (Å²) in [6.45, 7) is 0. The Bertz CT molecular complexity index is 218. The van der Waals surface area contributed by atoms with Crippen LogP contribution in [0.1, 0.15) is 44.9 Å². The van der Waals surface area contributed by atoms with Crippen molar-refractivity contribution in [2.75, 3.05) is 0 Å². The van der Waals surface area contributed by atoms with Gasteiger partial charge in [-0.3, -0.25) is 14.9 Å². The van der Waals surface area contributed by atoms with Gasteiger partial charge < -0.3 is 5.11 Å². The molecule has 0 amide bonds. The number of aliphatic carboxylic acids is 1. The fourth-order valence-electron chi connectivity index (χ4n) is 2.18. The Morgan fingerprint density at radius 3 is 2.20 bits per heavy atom. The minimum atomic E-state index is -1.02. The minimum absolute atomic E-state index is 0.407. The molecule has 5 heteroatoms. The number of carboxylic acid groups (broad SMARTS) is 1. The molecule has 15 heavy (non-hydrogen) atoms. The average molecular weight is 215 g/mol. The van der Waals surface area contributed by atoms with E-state index in [0.717, 1.165) is 32.1 Å². The van der Waals surface area contributed by atoms with Crippen molar-refractivity contribution in [3.8, 4) is 0 Å². The fraction of sp³-hybridized carbons (Fsp3) is 0.900. The first-order chi connectivity index (χ1) is 7.13. The van der Waals surface area contributed by atoms with Crippen LogP contribution in [-0.2, 0) is 4.79 Å². The molecule has 2 unspecified atom stereocenters. The SMILES string of the molecule is O=C(O)C1CCCCCCCC1[N+](=O)[O-]. The molecule has 0 aromatic heterocycles. The summed E-state index contributed by atoms with van der Waals surface area (Å²) in [5.41, 5.74) is 0. The largest absolute Gasteiger partial charge is 0.481 e. The second-order valence-electron chi connectivity index (χ2n) is 4.14. The lowest BCUT2D eigenvalue weighted by Crippen LogP contribution is -2.34. The first-order valence-electron chi connectivity index (χ1n) is 5.49. The molecular weight excluding hydrogens is 198 g/mol. The highest BCUT2D eigenvalue weighted by atomic mass is 16.6. The molecule has 1 saturated carbocycles. The van der Waals surface area contributed by atoms with E-state index in [0.29, 0.717) is 12.8 Å². The summed E-state index contributed by atoms with van der Waals surface area (Å²) in [4.78, 5) is 21.3. The third-order valence-electron chi connectivity index (χ3n) is 3.07. The van der Waals surface area contributed by atoms with Gasteiger partial charge in [-0.25, -0.2) is 0 Å². The second kappa shape index (κ2) is 5.68. The van der Waals surface area contributed by atoms with Gasteiger partial charge in [0, 0.05) is 11.3 Å². The van der Waals surface area contributed by atoms with E-state index in [1.165, 1.54) is 0 Å². The number of hydrogen-bond donors (Lipinski definition) is 1. The molecule has 0 spiro atoms. The van der Waals surface area contributed by atoms with Crippen molar-refractivity contribution < 1.29 is 14.8 Å². The van der Waals surface area contributed by atoms with E-state index in [4.69, 9.17) is 5.11 Å². The van der Waals surface area contributed by atoms with Crippen LogP contribution in [0.3, 0.4) is 0 Å². The fourth-order valence-corrected chi connectivity index (χ4v) is 2.18. The molecule has 1 rings (SSSR count). The lowest BCUT2D eigenvalue weighted by molar-refractivity contribution is -0.531. The maximum Gasteiger partial charge on any atom is 0.313 e. The normalized spacial score (nSPS) is 28.5. The van der Waals surface area contributed by atoms with E-state index >= 15 is 0 Å². The van der Waals surface area contributed by atoms with Crippen molar-refractivity contribution in [1.82, 2.24) is 0 Å². The molecule has 1 N–H and O–H groups in total. The number of carboxylic acids is 1. The monoisotopic (exact) mass is 215 g/mol. The predicted octanol–water partition coefficient (Wildman–Crippen LogP) is 2.08. The minimum Gasteiger partial charge on any atom is -0.481 e. The van der Waals surface area contributed by atoms with E-state index in [2.05, 4.69) is 0 Å². The van der Waals surface area contributed by atoms with Crippen LogP contribution in [0.4, 0.5) is 0 Å². The zero-order valence-electron chi connectivity index (χ0n) is 8.72. The van der Waals surface area contributed by atoms with Crippen LogP contribution in [0, 0.1) is 16.0 Å². The Morgan fingerprint density at radius 1 is 1.13 bits per heavy atom. The van der Waals surface area contributed by atoms with Crippen LogP contribution in [0.2, 0.25) is 0 Å². The van der Waals surface area contributed by atoms with Gasteiger partial charge in [0.2, 0.25) is 6.04 Å². The number of nitro groups is 1.